The monoisotopic (exact) mass is 255 g/mol. The van der Waals surface area contributed by atoms with E-state index in [0.29, 0.717) is 12.0 Å². The first-order valence-corrected chi connectivity index (χ1v) is 6.54. The van der Waals surface area contributed by atoms with Crippen LogP contribution in [0.1, 0.15) is 32.4 Å². The Bertz CT molecular complexity index is 328. The fraction of sp³-hybridized carbons (Fsp3) is 0.571. The van der Waals surface area contributed by atoms with Gasteiger partial charge in [0.25, 0.3) is 0 Å². The second-order valence-electron chi connectivity index (χ2n) is 4.70. The third-order valence-electron chi connectivity index (χ3n) is 2.50. The molecule has 3 heteroatoms. The second kappa shape index (κ2) is 7.70. The van der Waals surface area contributed by atoms with E-state index < -0.39 is 0 Å². The molecule has 0 amide bonds. The summed E-state index contributed by atoms with van der Waals surface area (Å²) in [4.78, 5) is 0. The van der Waals surface area contributed by atoms with Crippen LogP contribution in [0.15, 0.2) is 24.3 Å². The first-order chi connectivity index (χ1) is 8.09. The van der Waals surface area contributed by atoms with Gasteiger partial charge in [-0.2, -0.15) is 0 Å². The Kier molecular flexibility index (Phi) is 6.56. The minimum Gasteiger partial charge on any atom is -0.380 e. The number of ether oxygens (including phenoxy) is 1. The van der Waals surface area contributed by atoms with E-state index in [0.717, 1.165) is 24.8 Å². The van der Waals surface area contributed by atoms with Crippen molar-refractivity contribution in [2.75, 3.05) is 19.8 Å². The Labute approximate surface area is 109 Å². The normalized spacial score (nSPS) is 13.0. The molecule has 0 saturated heterocycles. The standard InChI is InChI=1S/C14H22ClNO/c1-11(2)10-17-8-7-16-12(3)13-5-4-6-14(15)9-13/h4-6,9,11-12,16H,7-8,10H2,1-3H3/t12-/m1/s1. The average Bonchev–Trinajstić information content (AvgIpc) is 2.28. The van der Waals surface area contributed by atoms with E-state index in [-0.39, 0.29) is 0 Å². The molecule has 0 heterocycles. The Morgan fingerprint density at radius 2 is 2.06 bits per heavy atom. The Morgan fingerprint density at radius 1 is 1.29 bits per heavy atom. The van der Waals surface area contributed by atoms with Gasteiger partial charge in [-0.25, -0.2) is 0 Å². The van der Waals surface area contributed by atoms with E-state index in [1.165, 1.54) is 5.56 Å². The maximum atomic E-state index is 5.96. The highest BCUT2D eigenvalue weighted by Crippen LogP contribution is 2.16. The van der Waals surface area contributed by atoms with E-state index in [9.17, 15) is 0 Å². The molecule has 0 spiro atoms. The van der Waals surface area contributed by atoms with Gasteiger partial charge < -0.3 is 10.1 Å². The minimum atomic E-state index is 0.302. The van der Waals surface area contributed by atoms with Gasteiger partial charge >= 0.3 is 0 Å². The molecular formula is C14H22ClNO. The molecule has 0 fully saturated rings. The second-order valence-corrected chi connectivity index (χ2v) is 5.14. The number of hydrogen-bond donors (Lipinski definition) is 1. The van der Waals surface area contributed by atoms with Crippen molar-refractivity contribution in [2.45, 2.75) is 26.8 Å². The number of halogens is 1. The highest BCUT2D eigenvalue weighted by atomic mass is 35.5. The summed E-state index contributed by atoms with van der Waals surface area (Å²) in [6.07, 6.45) is 0. The predicted molar refractivity (Wildman–Crippen MR) is 73.5 cm³/mol. The zero-order valence-electron chi connectivity index (χ0n) is 10.9. The molecule has 1 atom stereocenters. The third-order valence-corrected chi connectivity index (χ3v) is 2.73. The van der Waals surface area contributed by atoms with Crippen molar-refractivity contribution in [2.24, 2.45) is 5.92 Å². The van der Waals surface area contributed by atoms with Crippen molar-refractivity contribution in [3.05, 3.63) is 34.9 Å². The molecule has 0 aliphatic rings. The van der Waals surface area contributed by atoms with Crippen molar-refractivity contribution >= 4 is 11.6 Å². The van der Waals surface area contributed by atoms with Crippen LogP contribution in [0.25, 0.3) is 0 Å². The fourth-order valence-electron chi connectivity index (χ4n) is 1.56. The first-order valence-electron chi connectivity index (χ1n) is 6.16. The van der Waals surface area contributed by atoms with Crippen LogP contribution in [0, 0.1) is 5.92 Å². The maximum absolute atomic E-state index is 5.96. The van der Waals surface area contributed by atoms with Crippen molar-refractivity contribution < 1.29 is 4.74 Å². The maximum Gasteiger partial charge on any atom is 0.0591 e. The zero-order chi connectivity index (χ0) is 12.7. The number of hydrogen-bond acceptors (Lipinski definition) is 2. The van der Waals surface area contributed by atoms with Crippen LogP contribution in [0.4, 0.5) is 0 Å². The molecule has 0 saturated carbocycles. The summed E-state index contributed by atoms with van der Waals surface area (Å²) in [5.41, 5.74) is 1.21. The number of nitrogens with one attached hydrogen (secondary N) is 1. The van der Waals surface area contributed by atoms with Gasteiger partial charge in [0.2, 0.25) is 0 Å². The van der Waals surface area contributed by atoms with Crippen LogP contribution < -0.4 is 5.32 Å². The van der Waals surface area contributed by atoms with Gasteiger partial charge in [-0.05, 0) is 30.5 Å². The molecular weight excluding hydrogens is 234 g/mol. The van der Waals surface area contributed by atoms with Crippen LogP contribution in [-0.4, -0.2) is 19.8 Å². The summed E-state index contributed by atoms with van der Waals surface area (Å²) in [7, 11) is 0. The van der Waals surface area contributed by atoms with Gasteiger partial charge in [-0.15, -0.1) is 0 Å². The molecule has 2 nitrogen and oxygen atoms in total. The minimum absolute atomic E-state index is 0.302. The summed E-state index contributed by atoms with van der Waals surface area (Å²) in [5, 5.41) is 4.20. The highest BCUT2D eigenvalue weighted by Gasteiger charge is 2.04. The van der Waals surface area contributed by atoms with Crippen molar-refractivity contribution in [3.63, 3.8) is 0 Å². The smallest absolute Gasteiger partial charge is 0.0591 e. The van der Waals surface area contributed by atoms with Crippen LogP contribution in [0.5, 0.6) is 0 Å². The van der Waals surface area contributed by atoms with Crippen LogP contribution in [-0.2, 0) is 4.74 Å². The Morgan fingerprint density at radius 3 is 2.71 bits per heavy atom. The first kappa shape index (κ1) is 14.5. The highest BCUT2D eigenvalue weighted by molar-refractivity contribution is 6.30. The fourth-order valence-corrected chi connectivity index (χ4v) is 1.76. The quantitative estimate of drug-likeness (QED) is 0.751. The van der Waals surface area contributed by atoms with E-state index in [2.05, 4.69) is 32.2 Å². The van der Waals surface area contributed by atoms with Crippen LogP contribution in [0.3, 0.4) is 0 Å². The van der Waals surface area contributed by atoms with Crippen molar-refractivity contribution in [3.8, 4) is 0 Å². The van der Waals surface area contributed by atoms with Gasteiger partial charge in [0.05, 0.1) is 6.61 Å². The SMILES string of the molecule is CC(C)COCCN[C@H](C)c1cccc(Cl)c1. The molecule has 0 aliphatic carbocycles. The summed E-state index contributed by atoms with van der Waals surface area (Å²) < 4.78 is 5.52. The molecule has 0 radical (unpaired) electrons. The zero-order valence-corrected chi connectivity index (χ0v) is 11.6. The van der Waals surface area contributed by atoms with E-state index in [4.69, 9.17) is 16.3 Å². The molecule has 1 rings (SSSR count). The molecule has 1 N–H and O–H groups in total. The van der Waals surface area contributed by atoms with E-state index >= 15 is 0 Å². The molecule has 0 aliphatic heterocycles. The van der Waals surface area contributed by atoms with Crippen molar-refractivity contribution in [1.82, 2.24) is 5.32 Å². The Hall–Kier alpha value is -0.570. The van der Waals surface area contributed by atoms with Crippen molar-refractivity contribution in [1.29, 1.82) is 0 Å². The molecule has 0 aromatic heterocycles. The molecule has 96 valence electrons. The average molecular weight is 256 g/mol. The van der Waals surface area contributed by atoms with Crippen LogP contribution >= 0.6 is 11.6 Å². The van der Waals surface area contributed by atoms with Gasteiger partial charge in [-0.1, -0.05) is 37.6 Å². The van der Waals surface area contributed by atoms with E-state index in [1.807, 2.05) is 18.2 Å². The third kappa shape index (κ3) is 6.06. The lowest BCUT2D eigenvalue weighted by Crippen LogP contribution is -2.23. The van der Waals surface area contributed by atoms with Gasteiger partial charge in [0, 0.05) is 24.2 Å². The topological polar surface area (TPSA) is 21.3 Å². The van der Waals surface area contributed by atoms with Gasteiger partial charge in [-0.3, -0.25) is 0 Å². The number of benzene rings is 1. The molecule has 1 aromatic rings. The summed E-state index contributed by atoms with van der Waals surface area (Å²) in [5.74, 6) is 0.598. The summed E-state index contributed by atoms with van der Waals surface area (Å²) in [6.45, 7) is 8.88. The molecule has 0 bridgehead atoms. The molecule has 17 heavy (non-hydrogen) atoms. The number of rotatable bonds is 7. The molecule has 1 aromatic carbocycles. The lowest BCUT2D eigenvalue weighted by Gasteiger charge is -2.15. The van der Waals surface area contributed by atoms with Crippen LogP contribution in [0.2, 0.25) is 5.02 Å². The Balaban J connectivity index is 2.23. The summed E-state index contributed by atoms with van der Waals surface area (Å²) in [6, 6.07) is 8.25. The lowest BCUT2D eigenvalue weighted by molar-refractivity contribution is 0.110. The molecule has 0 unspecified atom stereocenters. The van der Waals surface area contributed by atoms with E-state index in [1.54, 1.807) is 0 Å². The largest absolute Gasteiger partial charge is 0.380 e. The van der Waals surface area contributed by atoms with Gasteiger partial charge in [0.1, 0.15) is 0 Å². The summed E-state index contributed by atoms with van der Waals surface area (Å²) >= 11 is 5.96. The predicted octanol–water partition coefficient (Wildman–Crippen LogP) is 3.66. The van der Waals surface area contributed by atoms with Gasteiger partial charge in [0.15, 0.2) is 0 Å². The lowest BCUT2D eigenvalue weighted by atomic mass is 10.1.